The molecule has 2 amide bonds. The summed E-state index contributed by atoms with van der Waals surface area (Å²) in [5.41, 5.74) is 0.538. The summed E-state index contributed by atoms with van der Waals surface area (Å²) in [6.07, 6.45) is 0. The summed E-state index contributed by atoms with van der Waals surface area (Å²) in [6.45, 7) is 2.76. The quantitative estimate of drug-likeness (QED) is 0.836. The summed E-state index contributed by atoms with van der Waals surface area (Å²) < 4.78 is 5.09. The van der Waals surface area contributed by atoms with Crippen molar-refractivity contribution in [2.24, 2.45) is 0 Å². The van der Waals surface area contributed by atoms with Gasteiger partial charge in [0.05, 0.1) is 7.11 Å². The number of piperazine rings is 1. The molecule has 1 aromatic carbocycles. The second kappa shape index (κ2) is 5.08. The first-order valence-electron chi connectivity index (χ1n) is 5.86. The lowest BCUT2D eigenvalue weighted by molar-refractivity contribution is -0.127. The summed E-state index contributed by atoms with van der Waals surface area (Å²) >= 11 is 0. The van der Waals surface area contributed by atoms with Gasteiger partial charge in [0.2, 0.25) is 5.91 Å². The fraction of sp³-hybridized carbons (Fsp3) is 0.385. The van der Waals surface area contributed by atoms with Crippen LogP contribution in [0.4, 0.5) is 0 Å². The third kappa shape index (κ3) is 2.30. The van der Waals surface area contributed by atoms with Crippen LogP contribution in [0, 0.1) is 0 Å². The van der Waals surface area contributed by atoms with Gasteiger partial charge >= 0.3 is 0 Å². The van der Waals surface area contributed by atoms with Crippen LogP contribution in [0.2, 0.25) is 0 Å². The molecule has 1 aliphatic rings. The summed E-state index contributed by atoms with van der Waals surface area (Å²) in [7, 11) is 1.56. The number of nitrogens with zero attached hydrogens (tertiary/aromatic N) is 1. The Morgan fingerprint density at radius 3 is 3.00 bits per heavy atom. The molecule has 1 atom stereocenters. The molecule has 1 saturated heterocycles. The summed E-state index contributed by atoms with van der Waals surface area (Å²) in [6, 6.07) is 6.52. The number of carbonyl (C=O) groups is 2. The molecule has 1 unspecified atom stereocenters. The van der Waals surface area contributed by atoms with E-state index in [1.807, 2.05) is 0 Å². The van der Waals surface area contributed by atoms with Crippen molar-refractivity contribution in [2.45, 2.75) is 13.0 Å². The zero-order chi connectivity index (χ0) is 13.1. The van der Waals surface area contributed by atoms with Crippen molar-refractivity contribution in [2.75, 3.05) is 20.2 Å². The van der Waals surface area contributed by atoms with E-state index in [4.69, 9.17) is 4.74 Å². The smallest absolute Gasteiger partial charge is 0.254 e. The molecule has 0 saturated carbocycles. The highest BCUT2D eigenvalue weighted by Crippen LogP contribution is 2.16. The Morgan fingerprint density at radius 2 is 2.28 bits per heavy atom. The van der Waals surface area contributed by atoms with Gasteiger partial charge in [-0.1, -0.05) is 6.07 Å². The lowest BCUT2D eigenvalue weighted by atomic mass is 10.1. The van der Waals surface area contributed by atoms with Gasteiger partial charge in [-0.15, -0.1) is 0 Å². The number of rotatable bonds is 2. The number of benzene rings is 1. The summed E-state index contributed by atoms with van der Waals surface area (Å²) in [4.78, 5) is 25.4. The Morgan fingerprint density at radius 1 is 1.50 bits per heavy atom. The van der Waals surface area contributed by atoms with Crippen LogP contribution >= 0.6 is 0 Å². The monoisotopic (exact) mass is 248 g/mol. The lowest BCUT2D eigenvalue weighted by Gasteiger charge is -2.32. The molecule has 0 radical (unpaired) electrons. The molecule has 2 rings (SSSR count). The summed E-state index contributed by atoms with van der Waals surface area (Å²) in [5.74, 6) is 0.378. The van der Waals surface area contributed by atoms with E-state index < -0.39 is 6.04 Å². The first-order chi connectivity index (χ1) is 8.63. The number of methoxy groups -OCH3 is 1. The zero-order valence-electron chi connectivity index (χ0n) is 10.5. The van der Waals surface area contributed by atoms with E-state index in [0.29, 0.717) is 24.4 Å². The van der Waals surface area contributed by atoms with Crippen LogP contribution in [0.3, 0.4) is 0 Å². The topological polar surface area (TPSA) is 58.6 Å². The van der Waals surface area contributed by atoms with Crippen molar-refractivity contribution in [1.82, 2.24) is 10.2 Å². The van der Waals surface area contributed by atoms with Crippen LogP contribution < -0.4 is 10.1 Å². The molecule has 96 valence electrons. The predicted octanol–water partition coefficient (Wildman–Crippen LogP) is 0.656. The minimum Gasteiger partial charge on any atom is -0.497 e. The second-order valence-electron chi connectivity index (χ2n) is 4.20. The first kappa shape index (κ1) is 12.4. The number of amides is 2. The number of hydrogen-bond donors (Lipinski definition) is 1. The lowest BCUT2D eigenvalue weighted by Crippen LogP contribution is -2.55. The highest BCUT2D eigenvalue weighted by Gasteiger charge is 2.29. The van der Waals surface area contributed by atoms with E-state index in [1.54, 1.807) is 43.2 Å². The molecule has 0 bridgehead atoms. The van der Waals surface area contributed by atoms with Gasteiger partial charge in [0, 0.05) is 18.7 Å². The van der Waals surface area contributed by atoms with Crippen LogP contribution in [-0.4, -0.2) is 43.0 Å². The van der Waals surface area contributed by atoms with Gasteiger partial charge in [-0.25, -0.2) is 0 Å². The highest BCUT2D eigenvalue weighted by molar-refractivity contribution is 5.98. The standard InChI is InChI=1S/C13H16N2O3/c1-9-12(16)14-6-7-15(9)13(17)10-4-3-5-11(8-10)18-2/h3-5,8-9H,6-7H2,1-2H3,(H,14,16). The molecule has 1 aliphatic heterocycles. The maximum absolute atomic E-state index is 12.3. The molecule has 1 fully saturated rings. The largest absolute Gasteiger partial charge is 0.497 e. The normalized spacial score (nSPS) is 19.3. The Hall–Kier alpha value is -2.04. The van der Waals surface area contributed by atoms with Gasteiger partial charge in [-0.2, -0.15) is 0 Å². The maximum Gasteiger partial charge on any atom is 0.254 e. The molecule has 0 aromatic heterocycles. The van der Waals surface area contributed by atoms with Crippen LogP contribution in [0.5, 0.6) is 5.75 Å². The first-order valence-corrected chi connectivity index (χ1v) is 5.86. The van der Waals surface area contributed by atoms with Gasteiger partial charge in [-0.05, 0) is 25.1 Å². The Balaban J connectivity index is 2.22. The Kier molecular flexibility index (Phi) is 3.50. The van der Waals surface area contributed by atoms with Crippen molar-refractivity contribution >= 4 is 11.8 Å². The van der Waals surface area contributed by atoms with E-state index >= 15 is 0 Å². The highest BCUT2D eigenvalue weighted by atomic mass is 16.5. The minimum atomic E-state index is -0.433. The van der Waals surface area contributed by atoms with Crippen molar-refractivity contribution in [3.63, 3.8) is 0 Å². The number of ether oxygens (including phenoxy) is 1. The molecule has 1 aromatic rings. The molecule has 1 heterocycles. The molecule has 5 heteroatoms. The fourth-order valence-corrected chi connectivity index (χ4v) is 1.98. The van der Waals surface area contributed by atoms with Crippen molar-refractivity contribution < 1.29 is 14.3 Å². The van der Waals surface area contributed by atoms with Crippen LogP contribution in [-0.2, 0) is 4.79 Å². The van der Waals surface area contributed by atoms with Gasteiger partial charge in [0.1, 0.15) is 11.8 Å². The van der Waals surface area contributed by atoms with Crippen molar-refractivity contribution in [3.05, 3.63) is 29.8 Å². The fourth-order valence-electron chi connectivity index (χ4n) is 1.98. The molecular formula is C13H16N2O3. The van der Waals surface area contributed by atoms with Crippen LogP contribution in [0.1, 0.15) is 17.3 Å². The van der Waals surface area contributed by atoms with Crippen molar-refractivity contribution in [3.8, 4) is 5.75 Å². The second-order valence-corrected chi connectivity index (χ2v) is 4.20. The van der Waals surface area contributed by atoms with E-state index in [-0.39, 0.29) is 11.8 Å². The molecule has 0 spiro atoms. The number of nitrogens with one attached hydrogen (secondary N) is 1. The number of hydrogen-bond acceptors (Lipinski definition) is 3. The van der Waals surface area contributed by atoms with Gasteiger partial charge in [-0.3, -0.25) is 9.59 Å². The average molecular weight is 248 g/mol. The maximum atomic E-state index is 12.3. The minimum absolute atomic E-state index is 0.113. The van der Waals surface area contributed by atoms with E-state index in [9.17, 15) is 9.59 Å². The van der Waals surface area contributed by atoms with Crippen molar-refractivity contribution in [1.29, 1.82) is 0 Å². The zero-order valence-corrected chi connectivity index (χ0v) is 10.5. The molecule has 0 aliphatic carbocycles. The molecular weight excluding hydrogens is 232 g/mol. The van der Waals surface area contributed by atoms with Gasteiger partial charge in [0.25, 0.3) is 5.91 Å². The molecule has 5 nitrogen and oxygen atoms in total. The predicted molar refractivity (Wildman–Crippen MR) is 66.5 cm³/mol. The SMILES string of the molecule is COc1cccc(C(=O)N2CCNC(=O)C2C)c1. The van der Waals surface area contributed by atoms with Gasteiger partial charge < -0.3 is 15.0 Å². The van der Waals surface area contributed by atoms with E-state index in [2.05, 4.69) is 5.32 Å². The van der Waals surface area contributed by atoms with E-state index in [0.717, 1.165) is 0 Å². The van der Waals surface area contributed by atoms with Gasteiger partial charge in [0.15, 0.2) is 0 Å². The molecule has 18 heavy (non-hydrogen) atoms. The molecule has 1 N–H and O–H groups in total. The third-order valence-corrected chi connectivity index (χ3v) is 3.08. The number of carbonyl (C=O) groups excluding carboxylic acids is 2. The Labute approximate surface area is 106 Å². The van der Waals surface area contributed by atoms with Crippen LogP contribution in [0.25, 0.3) is 0 Å². The van der Waals surface area contributed by atoms with E-state index in [1.165, 1.54) is 0 Å². The average Bonchev–Trinajstić information content (AvgIpc) is 2.41. The Bertz CT molecular complexity index is 473. The summed E-state index contributed by atoms with van der Waals surface area (Å²) in [5, 5.41) is 2.73. The van der Waals surface area contributed by atoms with Crippen LogP contribution in [0.15, 0.2) is 24.3 Å². The third-order valence-electron chi connectivity index (χ3n) is 3.08.